The number of hydrogen-bond acceptors (Lipinski definition) is 2. The summed E-state index contributed by atoms with van der Waals surface area (Å²) in [6.07, 6.45) is 5.52. The SMILES string of the molecule is CC(CCN)SC1CCC1. The molecule has 0 radical (unpaired) electrons. The quantitative estimate of drug-likeness (QED) is 0.679. The minimum absolute atomic E-state index is 0.787. The van der Waals surface area contributed by atoms with E-state index >= 15 is 0 Å². The van der Waals surface area contributed by atoms with E-state index < -0.39 is 0 Å². The van der Waals surface area contributed by atoms with E-state index in [0.29, 0.717) is 0 Å². The molecule has 0 bridgehead atoms. The largest absolute Gasteiger partial charge is 0.330 e. The van der Waals surface area contributed by atoms with Crippen LogP contribution in [0.1, 0.15) is 32.6 Å². The smallest absolute Gasteiger partial charge is 0.00497 e. The fourth-order valence-corrected chi connectivity index (χ4v) is 2.67. The Balaban J connectivity index is 1.99. The van der Waals surface area contributed by atoms with Gasteiger partial charge in [0.2, 0.25) is 0 Å². The van der Waals surface area contributed by atoms with Crippen molar-refractivity contribution in [2.75, 3.05) is 6.54 Å². The average molecular weight is 159 g/mol. The summed E-state index contributed by atoms with van der Waals surface area (Å²) in [5.74, 6) is 0. The molecule has 1 aliphatic carbocycles. The standard InChI is InChI=1S/C8H17NS/c1-7(5-6-9)10-8-3-2-4-8/h7-8H,2-6,9H2,1H3. The van der Waals surface area contributed by atoms with E-state index in [2.05, 4.69) is 18.7 Å². The molecule has 10 heavy (non-hydrogen) atoms. The zero-order chi connectivity index (χ0) is 7.40. The topological polar surface area (TPSA) is 26.0 Å². The van der Waals surface area contributed by atoms with E-state index in [1.807, 2.05) is 0 Å². The van der Waals surface area contributed by atoms with E-state index in [0.717, 1.165) is 17.0 Å². The summed E-state index contributed by atoms with van der Waals surface area (Å²) in [7, 11) is 0. The lowest BCUT2D eigenvalue weighted by Crippen LogP contribution is -2.18. The minimum Gasteiger partial charge on any atom is -0.330 e. The average Bonchev–Trinajstić information content (AvgIpc) is 1.80. The van der Waals surface area contributed by atoms with Crippen LogP contribution >= 0.6 is 11.8 Å². The van der Waals surface area contributed by atoms with Crippen LogP contribution in [0.3, 0.4) is 0 Å². The van der Waals surface area contributed by atoms with Gasteiger partial charge in [-0.1, -0.05) is 13.3 Å². The summed E-state index contributed by atoms with van der Waals surface area (Å²) in [5, 5.41) is 1.76. The second-order valence-electron chi connectivity index (χ2n) is 3.08. The van der Waals surface area contributed by atoms with E-state index in [9.17, 15) is 0 Å². The summed E-state index contributed by atoms with van der Waals surface area (Å²) in [4.78, 5) is 0. The van der Waals surface area contributed by atoms with Crippen molar-refractivity contribution in [1.29, 1.82) is 0 Å². The summed E-state index contributed by atoms with van der Waals surface area (Å²) in [6.45, 7) is 3.14. The molecule has 0 aliphatic heterocycles. The molecule has 1 saturated carbocycles. The van der Waals surface area contributed by atoms with Gasteiger partial charge in [0.05, 0.1) is 0 Å². The van der Waals surface area contributed by atoms with E-state index in [1.165, 1.54) is 25.7 Å². The van der Waals surface area contributed by atoms with Crippen LogP contribution in [-0.2, 0) is 0 Å². The van der Waals surface area contributed by atoms with Crippen molar-refractivity contribution in [1.82, 2.24) is 0 Å². The molecule has 1 atom stereocenters. The second kappa shape index (κ2) is 4.24. The van der Waals surface area contributed by atoms with Crippen LogP contribution in [0.4, 0.5) is 0 Å². The highest BCUT2D eigenvalue weighted by atomic mass is 32.2. The van der Waals surface area contributed by atoms with Gasteiger partial charge in [-0.25, -0.2) is 0 Å². The van der Waals surface area contributed by atoms with Crippen molar-refractivity contribution in [2.45, 2.75) is 43.1 Å². The molecule has 0 saturated heterocycles. The molecule has 0 aromatic heterocycles. The highest BCUT2D eigenvalue weighted by Gasteiger charge is 2.19. The first kappa shape index (κ1) is 8.41. The fourth-order valence-electron chi connectivity index (χ4n) is 1.14. The van der Waals surface area contributed by atoms with Gasteiger partial charge in [0.15, 0.2) is 0 Å². The molecule has 1 unspecified atom stereocenters. The molecule has 2 heteroatoms. The third kappa shape index (κ3) is 2.51. The molecule has 0 amide bonds. The van der Waals surface area contributed by atoms with E-state index in [4.69, 9.17) is 5.73 Å². The number of nitrogens with two attached hydrogens (primary N) is 1. The molecule has 60 valence electrons. The van der Waals surface area contributed by atoms with Crippen molar-refractivity contribution in [3.8, 4) is 0 Å². The van der Waals surface area contributed by atoms with Gasteiger partial charge in [-0.05, 0) is 25.8 Å². The van der Waals surface area contributed by atoms with Gasteiger partial charge >= 0.3 is 0 Å². The zero-order valence-corrected chi connectivity index (χ0v) is 7.49. The molecule has 0 spiro atoms. The third-order valence-electron chi connectivity index (χ3n) is 2.05. The van der Waals surface area contributed by atoms with Crippen molar-refractivity contribution < 1.29 is 0 Å². The van der Waals surface area contributed by atoms with Crippen LogP contribution in [0.25, 0.3) is 0 Å². The van der Waals surface area contributed by atoms with Gasteiger partial charge in [-0.2, -0.15) is 11.8 Å². The predicted octanol–water partition coefficient (Wildman–Crippen LogP) is 2.01. The van der Waals surface area contributed by atoms with E-state index in [1.54, 1.807) is 0 Å². The number of rotatable bonds is 4. The highest BCUT2D eigenvalue weighted by molar-refractivity contribution is 8.00. The minimum atomic E-state index is 0.787. The Hall–Kier alpha value is 0.310. The maximum atomic E-state index is 5.45. The molecule has 0 aromatic carbocycles. The molecular weight excluding hydrogens is 142 g/mol. The molecule has 1 nitrogen and oxygen atoms in total. The monoisotopic (exact) mass is 159 g/mol. The number of hydrogen-bond donors (Lipinski definition) is 1. The van der Waals surface area contributed by atoms with Crippen LogP contribution in [0.5, 0.6) is 0 Å². The summed E-state index contributed by atoms with van der Waals surface area (Å²) < 4.78 is 0. The highest BCUT2D eigenvalue weighted by Crippen LogP contribution is 2.34. The third-order valence-corrected chi connectivity index (χ3v) is 3.61. The zero-order valence-electron chi connectivity index (χ0n) is 6.68. The van der Waals surface area contributed by atoms with Crippen LogP contribution in [0.2, 0.25) is 0 Å². The Kier molecular flexibility index (Phi) is 3.57. The Morgan fingerprint density at radius 1 is 1.60 bits per heavy atom. The first-order chi connectivity index (χ1) is 4.83. The second-order valence-corrected chi connectivity index (χ2v) is 4.82. The lowest BCUT2D eigenvalue weighted by atomic mass is 10.00. The Morgan fingerprint density at radius 3 is 2.70 bits per heavy atom. The van der Waals surface area contributed by atoms with Crippen LogP contribution in [0, 0.1) is 0 Å². The molecule has 1 fully saturated rings. The van der Waals surface area contributed by atoms with Crippen molar-refractivity contribution in [3.63, 3.8) is 0 Å². The van der Waals surface area contributed by atoms with E-state index in [-0.39, 0.29) is 0 Å². The number of thioether (sulfide) groups is 1. The predicted molar refractivity (Wildman–Crippen MR) is 48.4 cm³/mol. The summed E-state index contributed by atoms with van der Waals surface area (Å²) >= 11 is 2.13. The summed E-state index contributed by atoms with van der Waals surface area (Å²) in [6, 6.07) is 0. The van der Waals surface area contributed by atoms with Gasteiger partial charge in [0.25, 0.3) is 0 Å². The Bertz CT molecular complexity index is 91.3. The molecule has 2 N–H and O–H groups in total. The Morgan fingerprint density at radius 2 is 2.30 bits per heavy atom. The van der Waals surface area contributed by atoms with Crippen LogP contribution in [-0.4, -0.2) is 17.0 Å². The Labute approximate surface area is 67.8 Å². The fraction of sp³-hybridized carbons (Fsp3) is 1.00. The van der Waals surface area contributed by atoms with Crippen molar-refractivity contribution in [2.24, 2.45) is 5.73 Å². The van der Waals surface area contributed by atoms with Crippen molar-refractivity contribution >= 4 is 11.8 Å². The van der Waals surface area contributed by atoms with Crippen LogP contribution in [0.15, 0.2) is 0 Å². The van der Waals surface area contributed by atoms with Gasteiger partial charge in [0.1, 0.15) is 0 Å². The molecular formula is C8H17NS. The summed E-state index contributed by atoms with van der Waals surface area (Å²) in [5.41, 5.74) is 5.45. The molecule has 0 heterocycles. The molecule has 1 aliphatic rings. The normalized spacial score (nSPS) is 22.2. The van der Waals surface area contributed by atoms with Gasteiger partial charge in [-0.15, -0.1) is 0 Å². The lowest BCUT2D eigenvalue weighted by Gasteiger charge is -2.27. The lowest BCUT2D eigenvalue weighted by molar-refractivity contribution is 0.520. The van der Waals surface area contributed by atoms with Gasteiger partial charge in [0, 0.05) is 10.5 Å². The van der Waals surface area contributed by atoms with Gasteiger partial charge in [-0.3, -0.25) is 0 Å². The maximum absolute atomic E-state index is 5.45. The van der Waals surface area contributed by atoms with Gasteiger partial charge < -0.3 is 5.73 Å². The van der Waals surface area contributed by atoms with Crippen LogP contribution < -0.4 is 5.73 Å². The van der Waals surface area contributed by atoms with Crippen molar-refractivity contribution in [3.05, 3.63) is 0 Å². The first-order valence-electron chi connectivity index (χ1n) is 4.18. The molecule has 0 aromatic rings. The maximum Gasteiger partial charge on any atom is 0.00497 e. The molecule has 1 rings (SSSR count). The first-order valence-corrected chi connectivity index (χ1v) is 5.12.